The molecule has 0 bridgehead atoms. The molecule has 0 saturated carbocycles. The van der Waals surface area contributed by atoms with Gasteiger partial charge in [-0.15, -0.1) is 0 Å². The van der Waals surface area contributed by atoms with E-state index in [4.69, 9.17) is 14.2 Å². The maximum Gasteiger partial charge on any atom is 0.367 e. The lowest BCUT2D eigenvalue weighted by Crippen LogP contribution is -2.45. The van der Waals surface area contributed by atoms with Crippen LogP contribution in [-0.2, 0) is 25.7 Å². The summed E-state index contributed by atoms with van der Waals surface area (Å²) in [6.45, 7) is 4.19. The molecule has 2 aromatic carbocycles. The van der Waals surface area contributed by atoms with Crippen molar-refractivity contribution in [2.45, 2.75) is 38.8 Å². The van der Waals surface area contributed by atoms with Gasteiger partial charge in [0.05, 0.1) is 20.1 Å². The lowest BCUT2D eigenvalue weighted by atomic mass is 9.89. The van der Waals surface area contributed by atoms with Gasteiger partial charge in [-0.25, -0.2) is 9.59 Å². The number of nitrogens with one attached hydrogen (secondary N) is 1. The molecule has 0 radical (unpaired) electrons. The first-order valence-electron chi connectivity index (χ1n) is 10.7. The Balaban J connectivity index is 2.02. The number of carbonyl (C=O) groups is 3. The molecule has 8 heteroatoms. The van der Waals surface area contributed by atoms with E-state index in [1.807, 2.05) is 56.3 Å². The monoisotopic (exact) mass is 473 g/mol. The number of methoxy groups -OCH3 is 2. The summed E-state index contributed by atoms with van der Waals surface area (Å²) in [4.78, 5) is 37.6. The lowest BCUT2D eigenvalue weighted by Gasteiger charge is -2.23. The van der Waals surface area contributed by atoms with Crippen molar-refractivity contribution in [2.75, 3.05) is 20.0 Å². The summed E-state index contributed by atoms with van der Waals surface area (Å²) in [5, 5.41) is 2.22. The Kier molecular flexibility index (Phi) is 10.8. The number of rotatable bonds is 11. The van der Waals surface area contributed by atoms with Gasteiger partial charge < -0.3 is 19.5 Å². The van der Waals surface area contributed by atoms with Crippen molar-refractivity contribution < 1.29 is 28.6 Å². The van der Waals surface area contributed by atoms with Crippen molar-refractivity contribution in [3.8, 4) is 5.75 Å². The second-order valence-electron chi connectivity index (χ2n) is 7.87. The van der Waals surface area contributed by atoms with Crippen molar-refractivity contribution >= 4 is 28.9 Å². The van der Waals surface area contributed by atoms with Crippen molar-refractivity contribution in [1.82, 2.24) is 5.32 Å². The molecule has 1 amide bonds. The largest absolute Gasteiger partial charge is 0.497 e. The first-order valence-corrected chi connectivity index (χ1v) is 11.7. The third-order valence-corrected chi connectivity index (χ3v) is 5.76. The fraction of sp³-hybridized carbons (Fsp3) is 0.400. The molecule has 0 aromatic heterocycles. The van der Waals surface area contributed by atoms with Crippen molar-refractivity contribution in [3.05, 3.63) is 65.7 Å². The average Bonchev–Trinajstić information content (AvgIpc) is 2.83. The van der Waals surface area contributed by atoms with Crippen LogP contribution in [0, 0.1) is 5.92 Å². The second kappa shape index (κ2) is 13.5. The number of hydrogen-bond acceptors (Lipinski definition) is 7. The molecule has 0 fully saturated rings. The van der Waals surface area contributed by atoms with Crippen LogP contribution in [-0.4, -0.2) is 43.2 Å². The van der Waals surface area contributed by atoms with Gasteiger partial charge in [0.1, 0.15) is 18.4 Å². The van der Waals surface area contributed by atoms with Gasteiger partial charge in [-0.1, -0.05) is 56.3 Å². The number of thioether (sulfide) groups is 1. The highest BCUT2D eigenvalue weighted by Gasteiger charge is 2.28. The normalized spacial score (nSPS) is 12.5. The minimum Gasteiger partial charge on any atom is -0.497 e. The van der Waals surface area contributed by atoms with Crippen LogP contribution in [0.15, 0.2) is 54.6 Å². The van der Waals surface area contributed by atoms with E-state index < -0.39 is 23.2 Å². The molecule has 33 heavy (non-hydrogen) atoms. The fourth-order valence-electron chi connectivity index (χ4n) is 3.19. The van der Waals surface area contributed by atoms with E-state index in [9.17, 15) is 14.4 Å². The van der Waals surface area contributed by atoms with Crippen LogP contribution < -0.4 is 10.1 Å². The molecule has 0 aliphatic heterocycles. The van der Waals surface area contributed by atoms with E-state index in [1.165, 1.54) is 7.11 Å². The van der Waals surface area contributed by atoms with E-state index in [1.54, 1.807) is 19.2 Å². The fourth-order valence-corrected chi connectivity index (χ4v) is 3.86. The van der Waals surface area contributed by atoms with E-state index in [0.29, 0.717) is 12.2 Å². The number of carbonyl (C=O) groups excluding carboxylic acids is 3. The average molecular weight is 474 g/mol. The summed E-state index contributed by atoms with van der Waals surface area (Å²) >= 11 is 0.823. The predicted molar refractivity (Wildman–Crippen MR) is 128 cm³/mol. The Morgan fingerprint density at radius 1 is 0.970 bits per heavy atom. The highest BCUT2D eigenvalue weighted by molar-refractivity contribution is 8.13. The van der Waals surface area contributed by atoms with Crippen LogP contribution >= 0.6 is 11.8 Å². The van der Waals surface area contributed by atoms with Gasteiger partial charge in [-0.05, 0) is 47.4 Å². The number of amides is 1. The molecular weight excluding hydrogens is 442 g/mol. The van der Waals surface area contributed by atoms with Gasteiger partial charge >= 0.3 is 11.3 Å². The van der Waals surface area contributed by atoms with Gasteiger partial charge in [0, 0.05) is 5.75 Å². The third-order valence-electron chi connectivity index (χ3n) is 4.91. The Labute approximate surface area is 199 Å². The Bertz CT molecular complexity index is 901. The summed E-state index contributed by atoms with van der Waals surface area (Å²) in [5.74, 6) is -0.435. The SMILES string of the molecule is COC(=O)[C@H](CSC(=O)OCc1ccccc1)NC(=O)[C@H](CC(C)C)c1ccc(OC)cc1. The Hall–Kier alpha value is -3.00. The Morgan fingerprint density at radius 2 is 1.64 bits per heavy atom. The maximum absolute atomic E-state index is 13.1. The first-order chi connectivity index (χ1) is 15.8. The smallest absolute Gasteiger partial charge is 0.367 e. The standard InChI is InChI=1S/C25H31NO6S/c1-17(2)14-21(19-10-12-20(30-3)13-11-19)23(27)26-22(24(28)31-4)16-33-25(29)32-15-18-8-6-5-7-9-18/h5-13,17,21-22H,14-16H2,1-4H3,(H,26,27)/t21-,22+/m1/s1. The summed E-state index contributed by atoms with van der Waals surface area (Å²) in [7, 11) is 2.83. The van der Waals surface area contributed by atoms with Crippen molar-refractivity contribution in [3.63, 3.8) is 0 Å². The predicted octanol–water partition coefficient (Wildman–Crippen LogP) is 4.55. The van der Waals surface area contributed by atoms with Crippen molar-refractivity contribution in [1.29, 1.82) is 0 Å². The van der Waals surface area contributed by atoms with Crippen LogP contribution in [0.3, 0.4) is 0 Å². The molecule has 178 valence electrons. The van der Waals surface area contributed by atoms with E-state index in [0.717, 1.165) is 22.9 Å². The molecule has 2 rings (SSSR count). The topological polar surface area (TPSA) is 90.9 Å². The van der Waals surface area contributed by atoms with Crippen molar-refractivity contribution in [2.24, 2.45) is 5.92 Å². The third kappa shape index (κ3) is 8.81. The van der Waals surface area contributed by atoms with E-state index in [-0.39, 0.29) is 24.2 Å². The molecule has 0 heterocycles. The molecule has 0 aliphatic carbocycles. The zero-order valence-electron chi connectivity index (χ0n) is 19.4. The van der Waals surface area contributed by atoms with Crippen LogP contribution in [0.1, 0.15) is 37.3 Å². The Morgan fingerprint density at radius 3 is 2.21 bits per heavy atom. The van der Waals surface area contributed by atoms with Gasteiger partial charge in [-0.2, -0.15) is 0 Å². The highest BCUT2D eigenvalue weighted by Crippen LogP contribution is 2.26. The number of benzene rings is 2. The van der Waals surface area contributed by atoms with Crippen LogP contribution in [0.4, 0.5) is 4.79 Å². The molecule has 0 spiro atoms. The first kappa shape index (κ1) is 26.3. The van der Waals surface area contributed by atoms with Gasteiger partial charge in [0.2, 0.25) is 5.91 Å². The number of esters is 1. The number of ether oxygens (including phenoxy) is 3. The van der Waals surface area contributed by atoms with Crippen LogP contribution in [0.5, 0.6) is 5.75 Å². The summed E-state index contributed by atoms with van der Waals surface area (Å²) in [6.07, 6.45) is 0.596. The second-order valence-corrected chi connectivity index (χ2v) is 8.83. The van der Waals surface area contributed by atoms with Gasteiger partial charge in [0.15, 0.2) is 0 Å². The molecule has 1 N–H and O–H groups in total. The van der Waals surface area contributed by atoms with Crippen LogP contribution in [0.25, 0.3) is 0 Å². The minimum absolute atomic E-state index is 0.00302. The zero-order chi connectivity index (χ0) is 24.2. The highest BCUT2D eigenvalue weighted by atomic mass is 32.2. The molecule has 2 atom stereocenters. The lowest BCUT2D eigenvalue weighted by molar-refractivity contribution is -0.144. The summed E-state index contributed by atoms with van der Waals surface area (Å²) in [6, 6.07) is 15.6. The summed E-state index contributed by atoms with van der Waals surface area (Å²) < 4.78 is 15.3. The molecule has 0 aliphatic rings. The molecule has 0 unspecified atom stereocenters. The van der Waals surface area contributed by atoms with E-state index >= 15 is 0 Å². The number of hydrogen-bond donors (Lipinski definition) is 1. The summed E-state index contributed by atoms with van der Waals surface area (Å²) in [5.41, 5.74) is 1.68. The molecule has 2 aromatic rings. The van der Waals surface area contributed by atoms with Crippen LogP contribution in [0.2, 0.25) is 0 Å². The quantitative estimate of drug-likeness (QED) is 0.479. The maximum atomic E-state index is 13.1. The molecule has 0 saturated heterocycles. The van der Waals surface area contributed by atoms with Gasteiger partial charge in [0.25, 0.3) is 0 Å². The van der Waals surface area contributed by atoms with E-state index in [2.05, 4.69) is 5.32 Å². The molecular formula is C25H31NO6S. The molecule has 7 nitrogen and oxygen atoms in total. The van der Waals surface area contributed by atoms with Gasteiger partial charge in [-0.3, -0.25) is 4.79 Å². The minimum atomic E-state index is -0.982. The zero-order valence-corrected chi connectivity index (χ0v) is 20.2.